The average Bonchev–Trinajstić information content (AvgIpc) is 3.33. The molecule has 0 fully saturated rings. The van der Waals surface area contributed by atoms with E-state index in [1.165, 1.54) is 12.1 Å². The summed E-state index contributed by atoms with van der Waals surface area (Å²) in [6.07, 6.45) is -0.979. The molecule has 3 amide bonds. The van der Waals surface area contributed by atoms with Crippen LogP contribution in [0.25, 0.3) is 0 Å². The van der Waals surface area contributed by atoms with Crippen LogP contribution in [0.15, 0.2) is 36.4 Å². The molecule has 14 nitrogen and oxygen atoms in total. The normalized spacial score (nSPS) is 17.2. The van der Waals surface area contributed by atoms with Gasteiger partial charge < -0.3 is 45.5 Å². The summed E-state index contributed by atoms with van der Waals surface area (Å²) in [4.78, 5) is 62.8. The Morgan fingerprint density at radius 1 is 0.773 bits per heavy atom. The molecule has 0 bridgehead atoms. The zero-order valence-electron chi connectivity index (χ0n) is 24.5. The number of fused-ring (bicyclic) bond motifs is 2. The van der Waals surface area contributed by atoms with Gasteiger partial charge in [-0.25, -0.2) is 4.79 Å². The van der Waals surface area contributed by atoms with Gasteiger partial charge in [-0.2, -0.15) is 0 Å². The van der Waals surface area contributed by atoms with Crippen LogP contribution in [0.3, 0.4) is 0 Å². The van der Waals surface area contributed by atoms with Crippen LogP contribution < -0.4 is 26.9 Å². The molecule has 4 rings (SSSR count). The first-order valence-electron chi connectivity index (χ1n) is 13.9. The second-order valence-corrected chi connectivity index (χ2v) is 11.6. The zero-order valence-corrected chi connectivity index (χ0v) is 24.5. The van der Waals surface area contributed by atoms with Gasteiger partial charge in [0.15, 0.2) is 0 Å². The summed E-state index contributed by atoms with van der Waals surface area (Å²) in [6.45, 7) is 6.36. The minimum absolute atomic E-state index is 0.00579. The summed E-state index contributed by atoms with van der Waals surface area (Å²) in [5, 5.41) is 46.8. The van der Waals surface area contributed by atoms with Gasteiger partial charge in [-0.05, 0) is 57.4 Å². The Kier molecular flexibility index (Phi) is 9.21. The van der Waals surface area contributed by atoms with E-state index < -0.39 is 86.6 Å². The maximum atomic E-state index is 13.5. The molecule has 16 heteroatoms. The SMILES string of the molecule is CC1(C)OB(O)c2c(C(=O)NC[C@H](NC(=O)c3cccc4c3B(O)OC4(C)C)C(=O)N[C@@H](CCC(=O)O)C(=O)O)cccc21. The summed E-state index contributed by atoms with van der Waals surface area (Å²) >= 11 is 0. The fourth-order valence-corrected chi connectivity index (χ4v) is 5.44. The fraction of sp³-hybridized carbons (Fsp3) is 0.393. The highest BCUT2D eigenvalue weighted by atomic mass is 16.5. The first-order chi connectivity index (χ1) is 20.5. The van der Waals surface area contributed by atoms with Gasteiger partial charge in [-0.15, -0.1) is 0 Å². The van der Waals surface area contributed by atoms with Gasteiger partial charge in [0.25, 0.3) is 11.8 Å². The van der Waals surface area contributed by atoms with Crippen molar-refractivity contribution in [2.75, 3.05) is 6.54 Å². The molecule has 44 heavy (non-hydrogen) atoms. The van der Waals surface area contributed by atoms with Crippen molar-refractivity contribution >= 4 is 54.8 Å². The molecule has 0 radical (unpaired) electrons. The number of hydrogen-bond acceptors (Lipinski definition) is 9. The molecule has 2 heterocycles. The van der Waals surface area contributed by atoms with E-state index in [4.69, 9.17) is 14.4 Å². The number of carbonyl (C=O) groups excluding carboxylic acids is 3. The van der Waals surface area contributed by atoms with Gasteiger partial charge in [0, 0.05) is 35.0 Å². The molecule has 2 aromatic carbocycles. The molecular formula is C28H33B2N3O11. The van der Waals surface area contributed by atoms with E-state index in [0.717, 1.165) is 0 Å². The van der Waals surface area contributed by atoms with E-state index in [0.29, 0.717) is 11.1 Å². The smallest absolute Gasteiger partial charge is 0.481 e. The Morgan fingerprint density at radius 3 is 1.75 bits per heavy atom. The number of aliphatic carboxylic acids is 2. The quantitative estimate of drug-likeness (QED) is 0.146. The third-order valence-corrected chi connectivity index (χ3v) is 7.66. The maximum Gasteiger partial charge on any atom is 0.492 e. The van der Waals surface area contributed by atoms with E-state index in [9.17, 15) is 39.1 Å². The molecule has 0 aliphatic carbocycles. The maximum absolute atomic E-state index is 13.5. The third kappa shape index (κ3) is 6.63. The van der Waals surface area contributed by atoms with Crippen molar-refractivity contribution < 1.29 is 53.5 Å². The van der Waals surface area contributed by atoms with Crippen molar-refractivity contribution in [1.29, 1.82) is 0 Å². The standard InChI is InChI=1S/C28H33B2N3O11/c1-27(2)16-9-5-7-14(21(16)29(41)43-27)23(36)31-13-19(25(38)32-18(26(39)40)11-12-20(34)35)33-24(37)15-8-6-10-17-22(15)30(42)44-28(17,3)4/h5-10,18-19,41-42H,11-13H2,1-4H3,(H,31,36)(H,32,38)(H,33,37)(H,34,35)(H,39,40)/t18-,19-/m0/s1. The van der Waals surface area contributed by atoms with Crippen LogP contribution >= 0.6 is 0 Å². The van der Waals surface area contributed by atoms with Crippen molar-refractivity contribution in [2.45, 2.75) is 63.8 Å². The molecule has 0 unspecified atom stereocenters. The summed E-state index contributed by atoms with van der Waals surface area (Å²) in [5.74, 6) is -5.30. The largest absolute Gasteiger partial charge is 0.492 e. The van der Waals surface area contributed by atoms with E-state index in [1.54, 1.807) is 52.0 Å². The highest BCUT2D eigenvalue weighted by Gasteiger charge is 2.44. The minimum atomic E-state index is -1.60. The Hall–Kier alpha value is -4.24. The number of carboxylic acids is 2. The number of hydrogen-bond donors (Lipinski definition) is 7. The first kappa shape index (κ1) is 32.7. The highest BCUT2D eigenvalue weighted by molar-refractivity contribution is 6.64. The van der Waals surface area contributed by atoms with Crippen LogP contribution in [0.5, 0.6) is 0 Å². The van der Waals surface area contributed by atoms with Crippen LogP contribution in [0.1, 0.15) is 72.4 Å². The summed E-state index contributed by atoms with van der Waals surface area (Å²) in [6, 6.07) is 6.30. The van der Waals surface area contributed by atoms with Crippen molar-refractivity contribution in [3.8, 4) is 0 Å². The van der Waals surface area contributed by atoms with Gasteiger partial charge >= 0.3 is 26.2 Å². The van der Waals surface area contributed by atoms with E-state index in [2.05, 4.69) is 16.0 Å². The number of rotatable bonds is 11. The van der Waals surface area contributed by atoms with Crippen molar-refractivity contribution in [2.24, 2.45) is 0 Å². The van der Waals surface area contributed by atoms with Gasteiger partial charge in [0.05, 0.1) is 11.2 Å². The van der Waals surface area contributed by atoms with Crippen LogP contribution in [0.2, 0.25) is 0 Å². The lowest BCUT2D eigenvalue weighted by atomic mass is 9.74. The molecule has 2 aliphatic heterocycles. The van der Waals surface area contributed by atoms with Gasteiger partial charge in [0.1, 0.15) is 12.1 Å². The predicted octanol–water partition coefficient (Wildman–Crippen LogP) is -1.45. The number of carbonyl (C=O) groups is 5. The molecule has 7 N–H and O–H groups in total. The summed E-state index contributed by atoms with van der Waals surface area (Å²) < 4.78 is 11.1. The topological polar surface area (TPSA) is 221 Å². The molecule has 0 spiro atoms. The second kappa shape index (κ2) is 12.4. The van der Waals surface area contributed by atoms with Crippen molar-refractivity contribution in [1.82, 2.24) is 16.0 Å². The Balaban J connectivity index is 1.60. The van der Waals surface area contributed by atoms with Crippen molar-refractivity contribution in [3.05, 3.63) is 58.7 Å². The summed E-state index contributed by atoms with van der Waals surface area (Å²) in [7, 11) is -2.82. The van der Waals surface area contributed by atoms with Crippen LogP contribution in [-0.4, -0.2) is 82.8 Å². The molecule has 0 saturated heterocycles. The van der Waals surface area contributed by atoms with Gasteiger partial charge in [0.2, 0.25) is 5.91 Å². The monoisotopic (exact) mass is 609 g/mol. The van der Waals surface area contributed by atoms with E-state index in [-0.39, 0.29) is 22.1 Å². The Labute approximate surface area is 253 Å². The second-order valence-electron chi connectivity index (χ2n) is 11.6. The zero-order chi connectivity index (χ0) is 32.6. The lowest BCUT2D eigenvalue weighted by Gasteiger charge is -2.23. The number of nitrogens with one attached hydrogen (secondary N) is 3. The van der Waals surface area contributed by atoms with E-state index in [1.807, 2.05) is 0 Å². The fourth-order valence-electron chi connectivity index (χ4n) is 5.44. The molecular weight excluding hydrogens is 576 g/mol. The van der Waals surface area contributed by atoms with Crippen molar-refractivity contribution in [3.63, 3.8) is 0 Å². The summed E-state index contributed by atoms with van der Waals surface area (Å²) in [5.41, 5.74) is -0.142. The molecule has 232 valence electrons. The van der Waals surface area contributed by atoms with Gasteiger partial charge in [-0.1, -0.05) is 24.3 Å². The Morgan fingerprint density at radius 2 is 1.27 bits per heavy atom. The lowest BCUT2D eigenvalue weighted by Crippen LogP contribution is -2.56. The van der Waals surface area contributed by atoms with Crippen LogP contribution in [-0.2, 0) is 34.9 Å². The Bertz CT molecular complexity index is 1510. The average molecular weight is 609 g/mol. The number of carboxylic acid groups (broad SMARTS) is 2. The number of amides is 3. The lowest BCUT2D eigenvalue weighted by molar-refractivity contribution is -0.143. The molecule has 2 aliphatic rings. The molecule has 0 saturated carbocycles. The first-order valence-corrected chi connectivity index (χ1v) is 13.9. The van der Waals surface area contributed by atoms with Crippen LogP contribution in [0.4, 0.5) is 0 Å². The third-order valence-electron chi connectivity index (χ3n) is 7.66. The molecule has 0 aromatic heterocycles. The minimum Gasteiger partial charge on any atom is -0.481 e. The van der Waals surface area contributed by atoms with E-state index >= 15 is 0 Å². The number of benzene rings is 2. The molecule has 2 aromatic rings. The van der Waals surface area contributed by atoms with Crippen LogP contribution in [0, 0.1) is 0 Å². The highest BCUT2D eigenvalue weighted by Crippen LogP contribution is 2.31. The van der Waals surface area contributed by atoms with Gasteiger partial charge in [-0.3, -0.25) is 19.2 Å². The predicted molar refractivity (Wildman–Crippen MR) is 156 cm³/mol. The molecule has 2 atom stereocenters.